The van der Waals surface area contributed by atoms with E-state index in [1.54, 1.807) is 6.92 Å². The molecule has 2 heterocycles. The Balaban J connectivity index is 1.75. The van der Waals surface area contributed by atoms with E-state index < -0.39 is 5.97 Å². The number of aromatic carboxylic acids is 1. The predicted octanol–water partition coefficient (Wildman–Crippen LogP) is 2.04. The Hall–Kier alpha value is -3.09. The van der Waals surface area contributed by atoms with Crippen molar-refractivity contribution in [3.8, 4) is 5.75 Å². The summed E-state index contributed by atoms with van der Waals surface area (Å²) in [5, 5.41) is 11.8. The van der Waals surface area contributed by atoms with Crippen LogP contribution in [0.1, 0.15) is 28.0 Å². The van der Waals surface area contributed by atoms with Crippen molar-refractivity contribution >= 4 is 11.6 Å². The third kappa shape index (κ3) is 3.01. The summed E-state index contributed by atoms with van der Waals surface area (Å²) in [6, 6.07) is 9.46. The van der Waals surface area contributed by atoms with E-state index in [9.17, 15) is 9.59 Å². The first kappa shape index (κ1) is 15.8. The van der Waals surface area contributed by atoms with E-state index >= 15 is 0 Å². The second-order valence-corrected chi connectivity index (χ2v) is 5.40. The van der Waals surface area contributed by atoms with E-state index in [1.165, 1.54) is 10.7 Å². The molecular formula is C17H17N3O4. The van der Waals surface area contributed by atoms with Gasteiger partial charge in [0.2, 0.25) is 0 Å². The highest BCUT2D eigenvalue weighted by molar-refractivity contribution is 5.94. The van der Waals surface area contributed by atoms with Crippen molar-refractivity contribution in [1.29, 1.82) is 0 Å². The molecule has 0 radical (unpaired) electrons. The molecule has 7 nitrogen and oxygen atoms in total. The number of hydrogen-bond acceptors (Lipinski definition) is 4. The number of ether oxygens (including phenoxy) is 1. The standard InChI is InChI=1S/C17H17N3O4/c1-11-13(8-5-9-24-12-6-3-2-4-7-12)16(21)20-15(19-11)14(10-18-20)17(22)23/h2-4,6-7,10,18H,5,8-9H2,1H3,(H,22,23). The second-order valence-electron chi connectivity index (χ2n) is 5.40. The van der Waals surface area contributed by atoms with E-state index in [2.05, 4.69) is 10.1 Å². The lowest BCUT2D eigenvalue weighted by molar-refractivity contribution is 0.0698. The maximum absolute atomic E-state index is 12.5. The van der Waals surface area contributed by atoms with Crippen LogP contribution in [0.2, 0.25) is 0 Å². The molecule has 3 rings (SSSR count). The van der Waals surface area contributed by atoms with Gasteiger partial charge in [0, 0.05) is 17.5 Å². The van der Waals surface area contributed by atoms with E-state index in [0.717, 1.165) is 5.75 Å². The van der Waals surface area contributed by atoms with Gasteiger partial charge in [-0.15, -0.1) is 0 Å². The summed E-state index contributed by atoms with van der Waals surface area (Å²) in [5.41, 5.74) is 0.943. The molecule has 0 atom stereocenters. The van der Waals surface area contributed by atoms with Crippen LogP contribution in [0.15, 0.2) is 41.3 Å². The highest BCUT2D eigenvalue weighted by Gasteiger charge is 2.17. The van der Waals surface area contributed by atoms with Crippen molar-refractivity contribution in [2.24, 2.45) is 0 Å². The van der Waals surface area contributed by atoms with Crippen molar-refractivity contribution in [1.82, 2.24) is 14.6 Å². The lowest BCUT2D eigenvalue weighted by Crippen LogP contribution is -2.22. The zero-order chi connectivity index (χ0) is 17.1. The maximum Gasteiger partial charge on any atom is 0.341 e. The third-order valence-corrected chi connectivity index (χ3v) is 3.78. The fraction of sp³-hybridized carbons (Fsp3) is 0.235. The van der Waals surface area contributed by atoms with Gasteiger partial charge in [0.15, 0.2) is 5.65 Å². The molecule has 7 heteroatoms. The van der Waals surface area contributed by atoms with Crippen LogP contribution in [0.4, 0.5) is 0 Å². The van der Waals surface area contributed by atoms with Crippen LogP contribution in [-0.2, 0) is 6.42 Å². The first-order chi connectivity index (χ1) is 11.6. The number of nitrogens with one attached hydrogen (secondary N) is 1. The van der Waals surface area contributed by atoms with Crippen LogP contribution in [0.5, 0.6) is 5.75 Å². The molecule has 0 aliphatic rings. The Morgan fingerprint density at radius 2 is 2.08 bits per heavy atom. The van der Waals surface area contributed by atoms with Gasteiger partial charge in [-0.2, -0.15) is 0 Å². The molecular weight excluding hydrogens is 310 g/mol. The van der Waals surface area contributed by atoms with Gasteiger partial charge in [0.1, 0.15) is 11.3 Å². The number of carbonyl (C=O) groups is 1. The number of aromatic amines is 1. The average molecular weight is 327 g/mol. The van der Waals surface area contributed by atoms with E-state index in [-0.39, 0.29) is 16.8 Å². The summed E-state index contributed by atoms with van der Waals surface area (Å²) in [6.07, 6.45) is 2.44. The largest absolute Gasteiger partial charge is 0.494 e. The molecule has 124 valence electrons. The van der Waals surface area contributed by atoms with Gasteiger partial charge < -0.3 is 9.84 Å². The summed E-state index contributed by atoms with van der Waals surface area (Å²) >= 11 is 0. The molecule has 0 saturated heterocycles. The Kier molecular flexibility index (Phi) is 4.33. The number of aromatic nitrogens is 3. The fourth-order valence-corrected chi connectivity index (χ4v) is 2.56. The molecule has 2 N–H and O–H groups in total. The van der Waals surface area contributed by atoms with Gasteiger partial charge in [-0.25, -0.2) is 14.3 Å². The number of para-hydroxylation sites is 1. The molecule has 0 aliphatic carbocycles. The van der Waals surface area contributed by atoms with Crippen LogP contribution in [-0.4, -0.2) is 32.3 Å². The number of aryl methyl sites for hydroxylation is 1. The highest BCUT2D eigenvalue weighted by atomic mass is 16.5. The van der Waals surface area contributed by atoms with Crippen LogP contribution in [0, 0.1) is 6.92 Å². The smallest absolute Gasteiger partial charge is 0.341 e. The summed E-state index contributed by atoms with van der Waals surface area (Å²) in [5.74, 6) is -0.334. The molecule has 1 aromatic carbocycles. The molecule has 0 fully saturated rings. The van der Waals surface area contributed by atoms with Crippen LogP contribution in [0.3, 0.4) is 0 Å². The molecule has 0 amide bonds. The number of fused-ring (bicyclic) bond motifs is 1. The van der Waals surface area contributed by atoms with Gasteiger partial charge in [0.25, 0.3) is 5.56 Å². The minimum Gasteiger partial charge on any atom is -0.494 e. The third-order valence-electron chi connectivity index (χ3n) is 3.78. The summed E-state index contributed by atoms with van der Waals surface area (Å²) < 4.78 is 6.79. The van der Waals surface area contributed by atoms with Crippen LogP contribution < -0.4 is 10.3 Å². The lowest BCUT2D eigenvalue weighted by Gasteiger charge is -2.07. The van der Waals surface area contributed by atoms with Gasteiger partial charge >= 0.3 is 5.97 Å². The summed E-state index contributed by atoms with van der Waals surface area (Å²) in [4.78, 5) is 27.9. The minimum atomic E-state index is -1.12. The number of carboxylic acid groups (broad SMARTS) is 1. The normalized spacial score (nSPS) is 10.9. The lowest BCUT2D eigenvalue weighted by atomic mass is 10.1. The number of carboxylic acids is 1. The van der Waals surface area contributed by atoms with Crippen molar-refractivity contribution in [2.45, 2.75) is 19.8 Å². The maximum atomic E-state index is 12.5. The minimum absolute atomic E-state index is 0.0193. The Morgan fingerprint density at radius 3 is 2.79 bits per heavy atom. The summed E-state index contributed by atoms with van der Waals surface area (Å²) in [6.45, 7) is 2.20. The number of H-pyrrole nitrogens is 1. The van der Waals surface area contributed by atoms with Gasteiger partial charge in [-0.1, -0.05) is 18.2 Å². The number of nitrogens with zero attached hydrogens (tertiary/aromatic N) is 2. The summed E-state index contributed by atoms with van der Waals surface area (Å²) in [7, 11) is 0. The van der Waals surface area contributed by atoms with E-state index in [1.807, 2.05) is 30.3 Å². The average Bonchev–Trinajstić information content (AvgIpc) is 2.99. The number of rotatable bonds is 6. The molecule has 0 spiro atoms. The molecule has 0 bridgehead atoms. The van der Waals surface area contributed by atoms with Crippen LogP contribution in [0.25, 0.3) is 5.65 Å². The second kappa shape index (κ2) is 6.57. The first-order valence-corrected chi connectivity index (χ1v) is 7.58. The molecule has 24 heavy (non-hydrogen) atoms. The molecule has 0 unspecified atom stereocenters. The fourth-order valence-electron chi connectivity index (χ4n) is 2.56. The van der Waals surface area contributed by atoms with Crippen molar-refractivity contribution < 1.29 is 14.6 Å². The quantitative estimate of drug-likeness (QED) is 0.675. The van der Waals surface area contributed by atoms with Crippen molar-refractivity contribution in [3.05, 3.63) is 63.7 Å². The van der Waals surface area contributed by atoms with E-state index in [0.29, 0.717) is 30.7 Å². The topological polar surface area (TPSA) is 96.7 Å². The zero-order valence-corrected chi connectivity index (χ0v) is 13.2. The molecule has 3 aromatic rings. The first-order valence-electron chi connectivity index (χ1n) is 7.58. The van der Waals surface area contributed by atoms with Gasteiger partial charge in [0.05, 0.1) is 6.61 Å². The Bertz CT molecular complexity index is 928. The predicted molar refractivity (Wildman–Crippen MR) is 87.8 cm³/mol. The van der Waals surface area contributed by atoms with Crippen LogP contribution >= 0.6 is 0 Å². The van der Waals surface area contributed by atoms with Crippen molar-refractivity contribution in [3.63, 3.8) is 0 Å². The molecule has 0 saturated carbocycles. The molecule has 0 aliphatic heterocycles. The zero-order valence-electron chi connectivity index (χ0n) is 13.2. The Labute approximate surface area is 137 Å². The Morgan fingerprint density at radius 1 is 1.33 bits per heavy atom. The van der Waals surface area contributed by atoms with Gasteiger partial charge in [-0.05, 0) is 31.9 Å². The van der Waals surface area contributed by atoms with Crippen molar-refractivity contribution in [2.75, 3.05) is 6.61 Å². The molecule has 2 aromatic heterocycles. The number of benzene rings is 1. The monoisotopic (exact) mass is 327 g/mol. The SMILES string of the molecule is Cc1nc2c(C(=O)O)c[nH]n2c(=O)c1CCCOc1ccccc1. The van der Waals surface area contributed by atoms with Gasteiger partial charge in [-0.3, -0.25) is 9.89 Å². The number of hydrogen-bond donors (Lipinski definition) is 2. The highest BCUT2D eigenvalue weighted by Crippen LogP contribution is 2.12. The van der Waals surface area contributed by atoms with E-state index in [4.69, 9.17) is 9.84 Å².